The van der Waals surface area contributed by atoms with E-state index < -0.39 is 0 Å². The van der Waals surface area contributed by atoms with Gasteiger partial charge in [0.25, 0.3) is 0 Å². The molecule has 2 rings (SSSR count). The molecule has 0 saturated carbocycles. The van der Waals surface area contributed by atoms with Gasteiger partial charge in [0.2, 0.25) is 0 Å². The first-order chi connectivity index (χ1) is 12.5. The molecule has 1 aromatic rings. The van der Waals surface area contributed by atoms with Crippen LogP contribution in [0.25, 0.3) is 0 Å². The van der Waals surface area contributed by atoms with Gasteiger partial charge in [0.1, 0.15) is 0 Å². The van der Waals surface area contributed by atoms with Crippen LogP contribution in [0.4, 0.5) is 21.0 Å². The molecular formula is C19H30N4O3. The number of anilines is 2. The molecule has 0 atom stereocenters. The zero-order valence-electron chi connectivity index (χ0n) is 16.2. The van der Waals surface area contributed by atoms with Crippen LogP contribution in [-0.4, -0.2) is 67.8 Å². The van der Waals surface area contributed by atoms with Crippen LogP contribution in [0.3, 0.4) is 0 Å². The maximum atomic E-state index is 12.5. The van der Waals surface area contributed by atoms with E-state index in [9.17, 15) is 9.59 Å². The highest BCUT2D eigenvalue weighted by Crippen LogP contribution is 2.23. The van der Waals surface area contributed by atoms with E-state index in [0.717, 1.165) is 30.0 Å². The number of amides is 3. The van der Waals surface area contributed by atoms with Crippen molar-refractivity contribution in [3.8, 4) is 0 Å². The third kappa shape index (κ3) is 4.80. The molecule has 0 spiro atoms. The molecule has 1 saturated heterocycles. The topological polar surface area (TPSA) is 65.1 Å². The molecule has 1 aliphatic heterocycles. The molecule has 0 aromatic heterocycles. The van der Waals surface area contributed by atoms with Crippen molar-refractivity contribution in [2.75, 3.05) is 56.1 Å². The van der Waals surface area contributed by atoms with Crippen molar-refractivity contribution in [2.45, 2.75) is 27.7 Å². The lowest BCUT2D eigenvalue weighted by molar-refractivity contribution is 0.0868. The maximum Gasteiger partial charge on any atom is 0.409 e. The number of hydrogen-bond acceptors (Lipinski definition) is 4. The van der Waals surface area contributed by atoms with E-state index in [1.54, 1.807) is 16.7 Å². The molecule has 7 nitrogen and oxygen atoms in total. The lowest BCUT2D eigenvalue weighted by atomic mass is 10.1. The fourth-order valence-corrected chi connectivity index (χ4v) is 3.07. The highest BCUT2D eigenvalue weighted by Gasteiger charge is 2.25. The fraction of sp³-hybridized carbons (Fsp3) is 0.579. The van der Waals surface area contributed by atoms with Crippen LogP contribution < -0.4 is 10.2 Å². The Kier molecular flexibility index (Phi) is 7.12. The van der Waals surface area contributed by atoms with Gasteiger partial charge in [-0.3, -0.25) is 0 Å². The molecule has 144 valence electrons. The second-order valence-electron chi connectivity index (χ2n) is 6.27. The van der Waals surface area contributed by atoms with E-state index in [4.69, 9.17) is 4.74 Å². The van der Waals surface area contributed by atoms with Gasteiger partial charge in [-0.1, -0.05) is 0 Å². The summed E-state index contributed by atoms with van der Waals surface area (Å²) in [7, 11) is 0. The Hall–Kier alpha value is -2.44. The minimum atomic E-state index is -0.310. The Bertz CT molecular complexity index is 623. The molecule has 1 heterocycles. The van der Waals surface area contributed by atoms with Gasteiger partial charge in [-0.2, -0.15) is 0 Å². The number of rotatable bonds is 5. The number of ether oxygens (including phenoxy) is 1. The molecule has 26 heavy (non-hydrogen) atoms. The standard InChI is InChI=1S/C19H30N4O3/c1-5-21(6-2)16-8-9-17(15(4)14-16)20-18(24)22-10-12-23(13-11-22)19(25)26-7-3/h8-9,14H,5-7,10-13H2,1-4H3,(H,20,24). The molecule has 1 aromatic carbocycles. The third-order valence-corrected chi connectivity index (χ3v) is 4.67. The first kappa shape index (κ1) is 19.9. The minimum absolute atomic E-state index is 0.132. The Labute approximate surface area is 155 Å². The van der Waals surface area contributed by atoms with E-state index in [1.165, 1.54) is 0 Å². The van der Waals surface area contributed by atoms with Crippen LogP contribution >= 0.6 is 0 Å². The highest BCUT2D eigenvalue weighted by molar-refractivity contribution is 5.90. The number of carbonyl (C=O) groups is 2. The lowest BCUT2D eigenvalue weighted by Gasteiger charge is -2.34. The smallest absolute Gasteiger partial charge is 0.409 e. The van der Waals surface area contributed by atoms with Crippen molar-refractivity contribution in [3.63, 3.8) is 0 Å². The van der Waals surface area contributed by atoms with E-state index in [1.807, 2.05) is 19.1 Å². The summed E-state index contributed by atoms with van der Waals surface area (Å²) in [5, 5.41) is 2.99. The average molecular weight is 362 g/mol. The number of urea groups is 1. The molecule has 7 heteroatoms. The summed E-state index contributed by atoms with van der Waals surface area (Å²) in [5.74, 6) is 0. The summed E-state index contributed by atoms with van der Waals surface area (Å²) in [5.41, 5.74) is 3.01. The van der Waals surface area contributed by atoms with Gasteiger partial charge < -0.3 is 24.8 Å². The van der Waals surface area contributed by atoms with Gasteiger partial charge in [-0.15, -0.1) is 0 Å². The van der Waals surface area contributed by atoms with E-state index in [2.05, 4.69) is 30.1 Å². The number of piperazine rings is 1. The normalized spacial score (nSPS) is 14.2. The van der Waals surface area contributed by atoms with Gasteiger partial charge >= 0.3 is 12.1 Å². The minimum Gasteiger partial charge on any atom is -0.450 e. The third-order valence-electron chi connectivity index (χ3n) is 4.67. The number of benzene rings is 1. The Morgan fingerprint density at radius 3 is 2.23 bits per heavy atom. The van der Waals surface area contributed by atoms with E-state index in [-0.39, 0.29) is 12.1 Å². The largest absolute Gasteiger partial charge is 0.450 e. The molecule has 3 amide bonds. The Morgan fingerprint density at radius 2 is 1.69 bits per heavy atom. The van der Waals surface area contributed by atoms with Crippen LogP contribution in [0.15, 0.2) is 18.2 Å². The van der Waals surface area contributed by atoms with Crippen molar-refractivity contribution in [2.24, 2.45) is 0 Å². The highest BCUT2D eigenvalue weighted by atomic mass is 16.6. The zero-order valence-corrected chi connectivity index (χ0v) is 16.2. The first-order valence-electron chi connectivity index (χ1n) is 9.33. The summed E-state index contributed by atoms with van der Waals surface area (Å²) in [6.45, 7) is 12.3. The summed E-state index contributed by atoms with van der Waals surface area (Å²) >= 11 is 0. The monoisotopic (exact) mass is 362 g/mol. The summed E-state index contributed by atoms with van der Waals surface area (Å²) in [4.78, 5) is 29.9. The number of aryl methyl sites for hydroxylation is 1. The van der Waals surface area contributed by atoms with Gasteiger partial charge in [0.05, 0.1) is 6.61 Å². The maximum absolute atomic E-state index is 12.5. The van der Waals surface area contributed by atoms with Crippen LogP contribution in [0.1, 0.15) is 26.3 Å². The molecule has 0 unspecified atom stereocenters. The van der Waals surface area contributed by atoms with Crippen LogP contribution in [0, 0.1) is 6.92 Å². The summed E-state index contributed by atoms with van der Waals surface area (Å²) < 4.78 is 5.00. The van der Waals surface area contributed by atoms with Crippen molar-refractivity contribution < 1.29 is 14.3 Å². The molecule has 1 N–H and O–H groups in total. The zero-order chi connectivity index (χ0) is 19.1. The predicted octanol–water partition coefficient (Wildman–Crippen LogP) is 3.15. The molecule has 0 bridgehead atoms. The number of nitrogens with zero attached hydrogens (tertiary/aromatic N) is 3. The van der Waals surface area contributed by atoms with Gasteiger partial charge in [0.15, 0.2) is 0 Å². The summed E-state index contributed by atoms with van der Waals surface area (Å²) in [6.07, 6.45) is -0.310. The number of nitrogens with one attached hydrogen (secondary N) is 1. The number of carbonyl (C=O) groups excluding carboxylic acids is 2. The molecule has 1 aliphatic rings. The van der Waals surface area contributed by atoms with Gasteiger partial charge in [-0.05, 0) is 51.5 Å². The Morgan fingerprint density at radius 1 is 1.08 bits per heavy atom. The van der Waals surface area contributed by atoms with E-state index >= 15 is 0 Å². The average Bonchev–Trinajstić information content (AvgIpc) is 2.65. The number of hydrogen-bond donors (Lipinski definition) is 1. The molecule has 1 fully saturated rings. The van der Waals surface area contributed by atoms with Gasteiger partial charge in [-0.25, -0.2) is 9.59 Å². The van der Waals surface area contributed by atoms with Crippen molar-refractivity contribution in [3.05, 3.63) is 23.8 Å². The van der Waals surface area contributed by atoms with Crippen molar-refractivity contribution >= 4 is 23.5 Å². The first-order valence-corrected chi connectivity index (χ1v) is 9.33. The van der Waals surface area contributed by atoms with Crippen LogP contribution in [0.5, 0.6) is 0 Å². The fourth-order valence-electron chi connectivity index (χ4n) is 3.07. The van der Waals surface area contributed by atoms with Crippen molar-refractivity contribution in [1.82, 2.24) is 9.80 Å². The predicted molar refractivity (Wildman–Crippen MR) is 104 cm³/mol. The quantitative estimate of drug-likeness (QED) is 0.874. The second kappa shape index (κ2) is 9.31. The lowest BCUT2D eigenvalue weighted by Crippen LogP contribution is -2.51. The molecule has 0 aliphatic carbocycles. The van der Waals surface area contributed by atoms with Gasteiger partial charge in [0, 0.05) is 50.6 Å². The molecular weight excluding hydrogens is 332 g/mol. The molecule has 0 radical (unpaired) electrons. The van der Waals surface area contributed by atoms with Crippen LogP contribution in [-0.2, 0) is 4.74 Å². The second-order valence-corrected chi connectivity index (χ2v) is 6.27. The Balaban J connectivity index is 1.93. The SMILES string of the molecule is CCOC(=O)N1CCN(C(=O)Nc2ccc(N(CC)CC)cc2C)CC1. The van der Waals surface area contributed by atoms with Crippen LogP contribution in [0.2, 0.25) is 0 Å². The van der Waals surface area contributed by atoms with Crippen molar-refractivity contribution in [1.29, 1.82) is 0 Å². The summed E-state index contributed by atoms with van der Waals surface area (Å²) in [6, 6.07) is 5.96. The van der Waals surface area contributed by atoms with E-state index in [0.29, 0.717) is 32.8 Å².